The zero-order chi connectivity index (χ0) is 19.2. The second kappa shape index (κ2) is 10.8. The quantitative estimate of drug-likeness (QED) is 0.355. The van der Waals surface area contributed by atoms with Crippen molar-refractivity contribution >= 4 is 52.9 Å². The van der Waals surface area contributed by atoms with E-state index in [0.29, 0.717) is 13.0 Å². The fourth-order valence-corrected chi connectivity index (χ4v) is 4.18. The van der Waals surface area contributed by atoms with Gasteiger partial charge in [-0.1, -0.05) is 24.3 Å². The number of aliphatic imine (C=N–C) groups is 1. The Morgan fingerprint density at radius 2 is 2.04 bits per heavy atom. The van der Waals surface area contributed by atoms with Crippen molar-refractivity contribution in [3.05, 3.63) is 52.7 Å². The Morgan fingerprint density at radius 1 is 1.29 bits per heavy atom. The van der Waals surface area contributed by atoms with Crippen LogP contribution in [0.15, 0.2) is 52.8 Å². The van der Waals surface area contributed by atoms with Gasteiger partial charge in [0, 0.05) is 37.1 Å². The molecule has 2 heterocycles. The lowest BCUT2D eigenvalue weighted by Crippen LogP contribution is -2.46. The van der Waals surface area contributed by atoms with Gasteiger partial charge in [-0.25, -0.2) is 0 Å². The first-order valence-electron chi connectivity index (χ1n) is 9.11. The number of nitrogens with one attached hydrogen (secondary N) is 2. The number of carbonyl (C=O) groups excluding carboxylic acids is 1. The van der Waals surface area contributed by atoms with Crippen molar-refractivity contribution in [2.75, 3.05) is 39.1 Å². The Bertz CT molecular complexity index is 766. The van der Waals surface area contributed by atoms with Crippen LogP contribution in [0.4, 0.5) is 5.69 Å². The van der Waals surface area contributed by atoms with E-state index >= 15 is 0 Å². The minimum Gasteiger partial charge on any atom is -0.354 e. The van der Waals surface area contributed by atoms with E-state index in [1.807, 2.05) is 35.2 Å². The molecule has 1 saturated heterocycles. The van der Waals surface area contributed by atoms with Gasteiger partial charge in [-0.15, -0.1) is 35.3 Å². The van der Waals surface area contributed by atoms with E-state index in [-0.39, 0.29) is 42.0 Å². The van der Waals surface area contributed by atoms with Gasteiger partial charge in [-0.05, 0) is 37.7 Å². The summed E-state index contributed by atoms with van der Waals surface area (Å²) in [5, 5.41) is 8.90. The topological polar surface area (TPSA) is 60.0 Å². The summed E-state index contributed by atoms with van der Waals surface area (Å²) < 4.78 is 0. The van der Waals surface area contributed by atoms with Gasteiger partial charge in [0.25, 0.3) is 0 Å². The summed E-state index contributed by atoms with van der Waals surface area (Å²) in [5.74, 6) is 0.866. The van der Waals surface area contributed by atoms with Crippen LogP contribution in [0.5, 0.6) is 0 Å². The van der Waals surface area contributed by atoms with Crippen LogP contribution in [0.1, 0.15) is 17.3 Å². The third-order valence-electron chi connectivity index (χ3n) is 4.72. The zero-order valence-electron chi connectivity index (χ0n) is 16.5. The number of nitrogens with zero attached hydrogens (tertiary/aromatic N) is 3. The van der Waals surface area contributed by atoms with Gasteiger partial charge in [0.15, 0.2) is 5.96 Å². The van der Waals surface area contributed by atoms with Gasteiger partial charge in [-0.3, -0.25) is 9.79 Å². The van der Waals surface area contributed by atoms with E-state index in [9.17, 15) is 4.79 Å². The molecule has 2 N–H and O–H groups in total. The van der Waals surface area contributed by atoms with Crippen molar-refractivity contribution < 1.29 is 4.79 Å². The van der Waals surface area contributed by atoms with Gasteiger partial charge in [0.05, 0.1) is 12.1 Å². The Labute approximate surface area is 188 Å². The Kier molecular flexibility index (Phi) is 8.71. The highest BCUT2D eigenvalue weighted by Gasteiger charge is 2.31. The fourth-order valence-electron chi connectivity index (χ4n) is 3.26. The monoisotopic (exact) mass is 513 g/mol. The first-order chi connectivity index (χ1) is 13.1. The molecular weight excluding hydrogens is 485 g/mol. The number of thiophene rings is 1. The first-order valence-corrected chi connectivity index (χ1v) is 9.99. The molecule has 0 bridgehead atoms. The number of guanidine groups is 1. The number of likely N-dealkylation sites (N-methyl/N-ethyl adjacent to an activating group) is 1. The number of benzene rings is 1. The number of hydrogen-bond donors (Lipinski definition) is 2. The van der Waals surface area contributed by atoms with Gasteiger partial charge >= 0.3 is 0 Å². The lowest BCUT2D eigenvalue weighted by atomic mass is 10.2. The maximum atomic E-state index is 12.4. The number of carbonyl (C=O) groups is 1. The normalized spacial score (nSPS) is 18.1. The molecule has 1 aliphatic rings. The number of hydrogen-bond acceptors (Lipinski definition) is 4. The van der Waals surface area contributed by atoms with E-state index in [2.05, 4.69) is 52.1 Å². The van der Waals surface area contributed by atoms with Crippen LogP contribution >= 0.6 is 35.3 Å². The van der Waals surface area contributed by atoms with Crippen LogP contribution in [0.25, 0.3) is 0 Å². The molecule has 1 amide bonds. The average molecular weight is 513 g/mol. The molecule has 0 saturated carbocycles. The van der Waals surface area contributed by atoms with Crippen molar-refractivity contribution in [3.63, 3.8) is 0 Å². The molecule has 2 atom stereocenters. The average Bonchev–Trinajstić information content (AvgIpc) is 3.31. The molecule has 1 aliphatic heterocycles. The summed E-state index contributed by atoms with van der Waals surface area (Å²) in [4.78, 5) is 22.1. The van der Waals surface area contributed by atoms with Crippen LogP contribution in [0.3, 0.4) is 0 Å². The molecule has 1 aromatic carbocycles. The zero-order valence-corrected chi connectivity index (χ0v) is 19.6. The van der Waals surface area contributed by atoms with Crippen LogP contribution in [-0.2, 0) is 4.79 Å². The molecular formula is C20H28IN5OS. The van der Waals surface area contributed by atoms with Crippen molar-refractivity contribution in [3.8, 4) is 0 Å². The van der Waals surface area contributed by atoms with Crippen LogP contribution < -0.4 is 15.5 Å². The molecule has 1 fully saturated rings. The first kappa shape index (κ1) is 22.6. The largest absolute Gasteiger partial charge is 0.354 e. The Hall–Kier alpha value is -1.65. The molecule has 8 heteroatoms. The van der Waals surface area contributed by atoms with Crippen LogP contribution in [0.2, 0.25) is 0 Å². The van der Waals surface area contributed by atoms with E-state index in [1.165, 1.54) is 4.88 Å². The summed E-state index contributed by atoms with van der Waals surface area (Å²) in [6.07, 6.45) is 0.470. The van der Waals surface area contributed by atoms with Gasteiger partial charge in [0.2, 0.25) is 5.91 Å². The van der Waals surface area contributed by atoms with Gasteiger partial charge in [0.1, 0.15) is 0 Å². The maximum absolute atomic E-state index is 12.4. The molecule has 2 unspecified atom stereocenters. The van der Waals surface area contributed by atoms with Crippen molar-refractivity contribution in [1.82, 2.24) is 15.5 Å². The van der Waals surface area contributed by atoms with Gasteiger partial charge in [-0.2, -0.15) is 0 Å². The van der Waals surface area contributed by atoms with E-state index < -0.39 is 0 Å². The smallest absolute Gasteiger partial charge is 0.229 e. The Morgan fingerprint density at radius 3 is 2.64 bits per heavy atom. The third-order valence-corrected chi connectivity index (χ3v) is 5.69. The van der Waals surface area contributed by atoms with Crippen LogP contribution in [-0.4, -0.2) is 57.0 Å². The van der Waals surface area contributed by atoms with Crippen molar-refractivity contribution in [2.45, 2.75) is 18.5 Å². The molecule has 6 nitrogen and oxygen atoms in total. The molecule has 3 rings (SSSR count). The predicted octanol–water partition coefficient (Wildman–Crippen LogP) is 2.94. The molecule has 0 aliphatic carbocycles. The maximum Gasteiger partial charge on any atom is 0.229 e. The number of anilines is 1. The molecule has 0 radical (unpaired) electrons. The number of amides is 1. The minimum absolute atomic E-state index is 0. The fraction of sp³-hybridized carbons (Fsp3) is 0.400. The minimum atomic E-state index is 0. The number of para-hydroxylation sites is 1. The second-order valence-corrected chi connectivity index (χ2v) is 7.81. The molecule has 28 heavy (non-hydrogen) atoms. The lowest BCUT2D eigenvalue weighted by Gasteiger charge is -2.25. The van der Waals surface area contributed by atoms with E-state index in [0.717, 1.165) is 18.2 Å². The summed E-state index contributed by atoms with van der Waals surface area (Å²) >= 11 is 1.76. The highest BCUT2D eigenvalue weighted by atomic mass is 127. The molecule has 1 aromatic heterocycles. The third kappa shape index (κ3) is 5.68. The summed E-state index contributed by atoms with van der Waals surface area (Å²) in [6, 6.07) is 14.3. The van der Waals surface area contributed by atoms with Crippen molar-refractivity contribution in [1.29, 1.82) is 0 Å². The summed E-state index contributed by atoms with van der Waals surface area (Å²) in [5.41, 5.74) is 0.945. The van der Waals surface area contributed by atoms with Gasteiger partial charge < -0.3 is 20.4 Å². The second-order valence-electron chi connectivity index (χ2n) is 6.83. The summed E-state index contributed by atoms with van der Waals surface area (Å²) in [6.45, 7) is 1.39. The van der Waals surface area contributed by atoms with E-state index in [1.54, 1.807) is 18.4 Å². The van der Waals surface area contributed by atoms with Crippen molar-refractivity contribution in [2.24, 2.45) is 4.99 Å². The number of rotatable bonds is 6. The lowest BCUT2D eigenvalue weighted by molar-refractivity contribution is -0.117. The predicted molar refractivity (Wildman–Crippen MR) is 128 cm³/mol. The molecule has 152 valence electrons. The molecule has 2 aromatic rings. The molecule has 0 spiro atoms. The summed E-state index contributed by atoms with van der Waals surface area (Å²) in [7, 11) is 5.92. The SMILES string of the molecule is CN=C(NCC(c1cccs1)N(C)C)NC1CC(=O)N(c2ccccc2)C1.I. The number of halogens is 1. The Balaban J connectivity index is 0.00000280. The standard InChI is InChI=1S/C20H27N5OS.HI/c1-21-20(22-13-17(24(2)3)18-10-7-11-27-18)23-15-12-19(26)25(14-15)16-8-5-4-6-9-16;/h4-11,15,17H,12-14H2,1-3H3,(H2,21,22,23);1H. The van der Waals surface area contributed by atoms with Crippen LogP contribution in [0, 0.1) is 0 Å². The highest BCUT2D eigenvalue weighted by molar-refractivity contribution is 14.0. The highest BCUT2D eigenvalue weighted by Crippen LogP contribution is 2.23. The van der Waals surface area contributed by atoms with E-state index in [4.69, 9.17) is 0 Å².